The maximum absolute atomic E-state index is 11.7. The van der Waals surface area contributed by atoms with E-state index in [9.17, 15) is 18.3 Å². The van der Waals surface area contributed by atoms with Crippen LogP contribution in [-0.2, 0) is 14.6 Å². The van der Waals surface area contributed by atoms with Gasteiger partial charge in [0.25, 0.3) is 0 Å². The molecule has 17 heavy (non-hydrogen) atoms. The van der Waals surface area contributed by atoms with Crippen LogP contribution >= 0.6 is 0 Å². The molecule has 0 radical (unpaired) electrons. The fourth-order valence-corrected chi connectivity index (χ4v) is 3.27. The van der Waals surface area contributed by atoms with Gasteiger partial charge in [0.05, 0.1) is 11.4 Å². The van der Waals surface area contributed by atoms with Crippen LogP contribution in [0.1, 0.15) is 39.5 Å². The van der Waals surface area contributed by atoms with Crippen molar-refractivity contribution in [2.24, 2.45) is 0 Å². The van der Waals surface area contributed by atoms with Crippen molar-refractivity contribution >= 4 is 15.7 Å². The van der Waals surface area contributed by atoms with E-state index in [-0.39, 0.29) is 6.04 Å². The topological polar surface area (TPSA) is 83.5 Å². The van der Waals surface area contributed by atoms with Gasteiger partial charge in [-0.05, 0) is 26.7 Å². The number of amides is 1. The molecule has 0 aromatic carbocycles. The van der Waals surface area contributed by atoms with E-state index >= 15 is 0 Å². The summed E-state index contributed by atoms with van der Waals surface area (Å²) in [7, 11) is -3.56. The molecule has 0 aromatic rings. The first-order valence-corrected chi connectivity index (χ1v) is 7.73. The lowest BCUT2D eigenvalue weighted by molar-refractivity contribution is -0.119. The molecule has 5 nitrogen and oxygen atoms in total. The summed E-state index contributed by atoms with van der Waals surface area (Å²) in [6.45, 7) is 2.83. The van der Waals surface area contributed by atoms with Gasteiger partial charge >= 0.3 is 0 Å². The quantitative estimate of drug-likeness (QED) is 0.743. The smallest absolute Gasteiger partial charge is 0.235 e. The number of carbonyl (C=O) groups is 1. The van der Waals surface area contributed by atoms with Gasteiger partial charge in [0.1, 0.15) is 5.75 Å². The summed E-state index contributed by atoms with van der Waals surface area (Å²) in [5.41, 5.74) is 0. The Bertz CT molecular complexity index is 358. The molecule has 1 rings (SSSR count). The van der Waals surface area contributed by atoms with E-state index in [2.05, 4.69) is 5.32 Å². The number of aliphatic hydroxyl groups excluding tert-OH is 1. The van der Waals surface area contributed by atoms with Crippen molar-refractivity contribution in [1.82, 2.24) is 5.32 Å². The van der Waals surface area contributed by atoms with Gasteiger partial charge in [-0.25, -0.2) is 8.42 Å². The van der Waals surface area contributed by atoms with Gasteiger partial charge in [-0.2, -0.15) is 0 Å². The van der Waals surface area contributed by atoms with E-state index in [4.69, 9.17) is 0 Å². The molecular formula is C11H21NO4S. The Morgan fingerprint density at radius 1 is 1.35 bits per heavy atom. The number of rotatable bonds is 5. The van der Waals surface area contributed by atoms with Crippen molar-refractivity contribution < 1.29 is 18.3 Å². The molecule has 0 saturated heterocycles. The first kappa shape index (κ1) is 14.4. The zero-order valence-corrected chi connectivity index (χ0v) is 11.2. The van der Waals surface area contributed by atoms with Crippen molar-refractivity contribution in [1.29, 1.82) is 0 Å². The first-order chi connectivity index (χ1) is 7.83. The molecule has 1 fully saturated rings. The molecule has 0 unspecified atom stereocenters. The molecule has 0 aliphatic heterocycles. The summed E-state index contributed by atoms with van der Waals surface area (Å²) >= 11 is 0. The molecule has 100 valence electrons. The van der Waals surface area contributed by atoms with Gasteiger partial charge in [-0.3, -0.25) is 4.79 Å². The van der Waals surface area contributed by atoms with E-state index in [0.717, 1.165) is 25.7 Å². The fraction of sp³-hybridized carbons (Fsp3) is 0.909. The van der Waals surface area contributed by atoms with Crippen molar-refractivity contribution in [3.8, 4) is 0 Å². The molecule has 6 heteroatoms. The lowest BCUT2D eigenvalue weighted by Gasteiger charge is -2.16. The standard InChI is InChI=1S/C11H21NO4S/c1-8(13)9(2)17(15,16)7-11(14)12-10-5-3-4-6-10/h8-10,13H,3-7H2,1-2H3,(H,12,14)/t8-,9+/m0/s1. The Labute approximate surface area is 103 Å². The van der Waals surface area contributed by atoms with Crippen molar-refractivity contribution in [2.75, 3.05) is 5.75 Å². The lowest BCUT2D eigenvalue weighted by Crippen LogP contribution is -2.41. The van der Waals surface area contributed by atoms with E-state index < -0.39 is 32.9 Å². The molecule has 2 atom stereocenters. The third kappa shape index (κ3) is 4.27. The molecular weight excluding hydrogens is 242 g/mol. The van der Waals surface area contributed by atoms with Crippen LogP contribution < -0.4 is 5.32 Å². The summed E-state index contributed by atoms with van der Waals surface area (Å²) in [5.74, 6) is -0.986. The van der Waals surface area contributed by atoms with E-state index in [1.54, 1.807) is 0 Å². The van der Waals surface area contributed by atoms with E-state index in [1.807, 2.05) is 0 Å². The summed E-state index contributed by atoms with van der Waals surface area (Å²) in [6, 6.07) is 0.125. The number of hydrogen-bond donors (Lipinski definition) is 2. The van der Waals surface area contributed by atoms with Gasteiger partial charge in [0.15, 0.2) is 9.84 Å². The summed E-state index contributed by atoms with van der Waals surface area (Å²) < 4.78 is 23.5. The average molecular weight is 263 g/mol. The van der Waals surface area contributed by atoms with Crippen LogP contribution in [0.4, 0.5) is 0 Å². The third-order valence-electron chi connectivity index (χ3n) is 3.30. The number of hydrogen-bond acceptors (Lipinski definition) is 4. The molecule has 2 N–H and O–H groups in total. The highest BCUT2D eigenvalue weighted by Crippen LogP contribution is 2.17. The molecule has 1 amide bonds. The monoisotopic (exact) mass is 263 g/mol. The van der Waals surface area contributed by atoms with Gasteiger partial charge in [0.2, 0.25) is 5.91 Å². The molecule has 1 saturated carbocycles. The maximum atomic E-state index is 11.7. The van der Waals surface area contributed by atoms with Crippen LogP contribution in [0.25, 0.3) is 0 Å². The van der Waals surface area contributed by atoms with Crippen molar-refractivity contribution in [3.05, 3.63) is 0 Å². The SMILES string of the molecule is C[C@H](O)[C@@H](C)S(=O)(=O)CC(=O)NC1CCCC1. The molecule has 0 heterocycles. The van der Waals surface area contributed by atoms with Crippen LogP contribution in [0.5, 0.6) is 0 Å². The lowest BCUT2D eigenvalue weighted by atomic mass is 10.2. The zero-order chi connectivity index (χ0) is 13.1. The number of aliphatic hydroxyl groups is 1. The highest BCUT2D eigenvalue weighted by atomic mass is 32.2. The Hall–Kier alpha value is -0.620. The third-order valence-corrected chi connectivity index (χ3v) is 5.49. The normalized spacial score (nSPS) is 21.1. The van der Waals surface area contributed by atoms with Gasteiger partial charge < -0.3 is 10.4 Å². The van der Waals surface area contributed by atoms with Crippen LogP contribution in [0.15, 0.2) is 0 Å². The Morgan fingerprint density at radius 2 is 1.88 bits per heavy atom. The minimum Gasteiger partial charge on any atom is -0.392 e. The second-order valence-electron chi connectivity index (χ2n) is 4.80. The summed E-state index contributed by atoms with van der Waals surface area (Å²) in [6.07, 6.45) is 3.07. The Morgan fingerprint density at radius 3 is 2.35 bits per heavy atom. The Balaban J connectivity index is 2.49. The molecule has 0 aromatic heterocycles. The summed E-state index contributed by atoms with van der Waals surface area (Å²) in [4.78, 5) is 11.6. The Kier molecular flexibility index (Phi) is 4.94. The molecule has 0 spiro atoms. The minimum atomic E-state index is -3.56. The first-order valence-electron chi connectivity index (χ1n) is 6.02. The van der Waals surface area contributed by atoms with Crippen LogP contribution in [0.3, 0.4) is 0 Å². The zero-order valence-electron chi connectivity index (χ0n) is 10.3. The van der Waals surface area contributed by atoms with Gasteiger partial charge in [-0.15, -0.1) is 0 Å². The largest absolute Gasteiger partial charge is 0.392 e. The minimum absolute atomic E-state index is 0.125. The second kappa shape index (κ2) is 5.82. The van der Waals surface area contributed by atoms with E-state index in [0.29, 0.717) is 0 Å². The summed E-state index contributed by atoms with van der Waals surface area (Å²) in [5, 5.41) is 11.1. The predicted octanol–water partition coefficient (Wildman–Crippen LogP) is 0.229. The number of nitrogens with one attached hydrogen (secondary N) is 1. The highest BCUT2D eigenvalue weighted by Gasteiger charge is 2.28. The predicted molar refractivity (Wildman–Crippen MR) is 65.3 cm³/mol. The van der Waals surface area contributed by atoms with Crippen molar-refractivity contribution in [2.45, 2.75) is 56.9 Å². The highest BCUT2D eigenvalue weighted by molar-refractivity contribution is 7.92. The fourth-order valence-electron chi connectivity index (χ4n) is 1.95. The van der Waals surface area contributed by atoms with Crippen LogP contribution in [0.2, 0.25) is 0 Å². The molecule has 1 aliphatic carbocycles. The molecule has 1 aliphatic rings. The average Bonchev–Trinajstić information content (AvgIpc) is 2.67. The molecule has 0 bridgehead atoms. The van der Waals surface area contributed by atoms with Gasteiger partial charge in [-0.1, -0.05) is 12.8 Å². The van der Waals surface area contributed by atoms with E-state index in [1.165, 1.54) is 13.8 Å². The van der Waals surface area contributed by atoms with Crippen LogP contribution in [0, 0.1) is 0 Å². The van der Waals surface area contributed by atoms with Gasteiger partial charge in [0, 0.05) is 6.04 Å². The number of carbonyl (C=O) groups excluding carboxylic acids is 1. The maximum Gasteiger partial charge on any atom is 0.235 e. The van der Waals surface area contributed by atoms with Crippen LogP contribution in [-0.4, -0.2) is 42.6 Å². The number of sulfone groups is 1. The second-order valence-corrected chi connectivity index (χ2v) is 7.16. The van der Waals surface area contributed by atoms with Crippen molar-refractivity contribution in [3.63, 3.8) is 0 Å².